The van der Waals surface area contributed by atoms with Crippen LogP contribution < -0.4 is 11.1 Å². The van der Waals surface area contributed by atoms with Gasteiger partial charge in [-0.25, -0.2) is 0 Å². The minimum Gasteiger partial charge on any atom is -0.310 e. The fourth-order valence-corrected chi connectivity index (χ4v) is 4.02. The quantitative estimate of drug-likeness (QED) is 0.691. The van der Waals surface area contributed by atoms with Crippen molar-refractivity contribution in [3.63, 3.8) is 0 Å². The molecule has 0 saturated carbocycles. The zero-order chi connectivity index (χ0) is 16.6. The summed E-state index contributed by atoms with van der Waals surface area (Å²) >= 11 is 0. The van der Waals surface area contributed by atoms with Gasteiger partial charge in [-0.15, -0.1) is 0 Å². The molecule has 0 spiro atoms. The Hall–Kier alpha value is -2.16. The lowest BCUT2D eigenvalue weighted by Crippen LogP contribution is -2.50. The van der Waals surface area contributed by atoms with Crippen molar-refractivity contribution in [2.45, 2.75) is 37.9 Å². The molecule has 2 heteroatoms. The van der Waals surface area contributed by atoms with Crippen molar-refractivity contribution < 1.29 is 0 Å². The maximum absolute atomic E-state index is 6.78. The molecule has 24 heavy (non-hydrogen) atoms. The third kappa shape index (κ3) is 2.72. The van der Waals surface area contributed by atoms with Crippen LogP contribution in [0.2, 0.25) is 0 Å². The molecule has 0 radical (unpaired) electrons. The number of benzene rings is 3. The fraction of sp³-hybridized carbons (Fsp3) is 0.273. The van der Waals surface area contributed by atoms with Gasteiger partial charge in [0.2, 0.25) is 0 Å². The van der Waals surface area contributed by atoms with E-state index in [1.807, 2.05) is 0 Å². The van der Waals surface area contributed by atoms with Gasteiger partial charge in [-0.3, -0.25) is 5.32 Å². The fourth-order valence-electron chi connectivity index (χ4n) is 4.02. The highest BCUT2D eigenvalue weighted by Gasteiger charge is 2.29. The molecule has 3 N–H and O–H groups in total. The van der Waals surface area contributed by atoms with E-state index in [4.69, 9.17) is 5.73 Å². The van der Waals surface area contributed by atoms with Gasteiger partial charge >= 0.3 is 0 Å². The number of hydrogen-bond donors (Lipinski definition) is 2. The molecule has 3 aromatic rings. The largest absolute Gasteiger partial charge is 0.310 e. The predicted octanol–water partition coefficient (Wildman–Crippen LogP) is 4.64. The molecule has 0 amide bonds. The van der Waals surface area contributed by atoms with Crippen LogP contribution in [0, 0.1) is 0 Å². The molecule has 2 nitrogen and oxygen atoms in total. The monoisotopic (exact) mass is 316 g/mol. The second-order valence-electron chi connectivity index (χ2n) is 7.02. The van der Waals surface area contributed by atoms with Crippen molar-refractivity contribution in [2.24, 2.45) is 5.73 Å². The van der Waals surface area contributed by atoms with Crippen molar-refractivity contribution in [2.75, 3.05) is 0 Å². The standard InChI is InChI=1S/C22H24N2/c1-22(23,20-14-6-10-16-8-2-4-12-18(16)20)24-21-15-7-11-17-9-3-5-13-19(17)21/h2-6,8-10,12-14,21,24H,7,11,15,23H2,1H3. The van der Waals surface area contributed by atoms with Crippen LogP contribution >= 0.6 is 0 Å². The maximum atomic E-state index is 6.78. The number of rotatable bonds is 3. The average molecular weight is 316 g/mol. The second kappa shape index (κ2) is 6.04. The van der Waals surface area contributed by atoms with Gasteiger partial charge in [0.1, 0.15) is 0 Å². The Labute approximate surface area is 143 Å². The summed E-state index contributed by atoms with van der Waals surface area (Å²) in [7, 11) is 0. The van der Waals surface area contributed by atoms with Gasteiger partial charge in [-0.05, 0) is 53.6 Å². The van der Waals surface area contributed by atoms with E-state index in [0.717, 1.165) is 12.0 Å². The second-order valence-corrected chi connectivity index (χ2v) is 7.02. The van der Waals surface area contributed by atoms with Gasteiger partial charge in [0, 0.05) is 6.04 Å². The van der Waals surface area contributed by atoms with Crippen molar-refractivity contribution >= 4 is 10.8 Å². The first-order chi connectivity index (χ1) is 11.6. The van der Waals surface area contributed by atoms with Crippen LogP contribution in [0.3, 0.4) is 0 Å². The van der Waals surface area contributed by atoms with E-state index in [1.54, 1.807) is 0 Å². The van der Waals surface area contributed by atoms with Crippen molar-refractivity contribution in [3.8, 4) is 0 Å². The van der Waals surface area contributed by atoms with Crippen LogP contribution in [-0.2, 0) is 12.1 Å². The third-order valence-corrected chi connectivity index (χ3v) is 5.19. The molecule has 1 aliphatic carbocycles. The van der Waals surface area contributed by atoms with Gasteiger partial charge in [-0.2, -0.15) is 0 Å². The van der Waals surface area contributed by atoms with Crippen LogP contribution in [0.1, 0.15) is 42.5 Å². The lowest BCUT2D eigenvalue weighted by molar-refractivity contribution is 0.306. The number of fused-ring (bicyclic) bond motifs is 2. The number of aryl methyl sites for hydroxylation is 1. The molecule has 0 heterocycles. The summed E-state index contributed by atoms with van der Waals surface area (Å²) < 4.78 is 0. The molecule has 122 valence electrons. The van der Waals surface area contributed by atoms with E-state index in [0.29, 0.717) is 6.04 Å². The molecule has 0 aromatic heterocycles. The van der Waals surface area contributed by atoms with Gasteiger partial charge in [0.25, 0.3) is 0 Å². The zero-order valence-corrected chi connectivity index (χ0v) is 14.1. The smallest absolute Gasteiger partial charge is 0.0906 e. The minimum atomic E-state index is -0.573. The van der Waals surface area contributed by atoms with Gasteiger partial charge < -0.3 is 5.73 Å². The molecule has 2 unspecified atom stereocenters. The summed E-state index contributed by atoms with van der Waals surface area (Å²) in [5.41, 5.74) is 10.2. The lowest BCUT2D eigenvalue weighted by atomic mass is 9.86. The van der Waals surface area contributed by atoms with E-state index in [9.17, 15) is 0 Å². The highest BCUT2D eigenvalue weighted by Crippen LogP contribution is 2.33. The normalized spacial score (nSPS) is 19.7. The minimum absolute atomic E-state index is 0.309. The first-order valence-corrected chi connectivity index (χ1v) is 8.78. The molecule has 2 atom stereocenters. The Bertz CT molecular complexity index is 861. The topological polar surface area (TPSA) is 38.0 Å². The van der Waals surface area contributed by atoms with Gasteiger partial charge in [0.15, 0.2) is 0 Å². The number of nitrogens with one attached hydrogen (secondary N) is 1. The van der Waals surface area contributed by atoms with Crippen LogP contribution in [0.4, 0.5) is 0 Å². The Kier molecular flexibility index (Phi) is 3.87. The number of nitrogens with two attached hydrogens (primary N) is 1. The van der Waals surface area contributed by atoms with E-state index < -0.39 is 5.66 Å². The maximum Gasteiger partial charge on any atom is 0.0906 e. The third-order valence-electron chi connectivity index (χ3n) is 5.19. The van der Waals surface area contributed by atoms with Crippen LogP contribution in [0.15, 0.2) is 66.7 Å². The highest BCUT2D eigenvalue weighted by atomic mass is 15.1. The molecule has 0 saturated heterocycles. The first-order valence-electron chi connectivity index (χ1n) is 8.78. The molecule has 1 aliphatic rings. The SMILES string of the molecule is CC(N)(NC1CCCc2ccccc21)c1cccc2ccccc12. The van der Waals surface area contributed by atoms with E-state index in [1.165, 1.54) is 34.7 Å². The Balaban J connectivity index is 1.71. The molecule has 3 aromatic carbocycles. The predicted molar refractivity (Wildman–Crippen MR) is 101 cm³/mol. The van der Waals surface area contributed by atoms with Gasteiger partial charge in [0.05, 0.1) is 5.66 Å². The van der Waals surface area contributed by atoms with Crippen molar-refractivity contribution in [3.05, 3.63) is 83.4 Å². The summed E-state index contributed by atoms with van der Waals surface area (Å²) in [5, 5.41) is 6.20. The Morgan fingerprint density at radius 1 is 0.958 bits per heavy atom. The van der Waals surface area contributed by atoms with E-state index in [-0.39, 0.29) is 0 Å². The molecule has 0 fully saturated rings. The van der Waals surface area contributed by atoms with Crippen LogP contribution in [0.5, 0.6) is 0 Å². The van der Waals surface area contributed by atoms with Crippen molar-refractivity contribution in [1.82, 2.24) is 5.32 Å². The molecular weight excluding hydrogens is 292 g/mol. The average Bonchev–Trinajstić information content (AvgIpc) is 2.61. The van der Waals surface area contributed by atoms with E-state index >= 15 is 0 Å². The Morgan fingerprint density at radius 2 is 1.71 bits per heavy atom. The van der Waals surface area contributed by atoms with Crippen molar-refractivity contribution in [1.29, 1.82) is 0 Å². The summed E-state index contributed by atoms with van der Waals surface area (Å²) in [6.07, 6.45) is 3.51. The summed E-state index contributed by atoms with van der Waals surface area (Å²) in [6, 6.07) is 23.9. The molecule has 4 rings (SSSR count). The molecule has 0 aliphatic heterocycles. The summed E-state index contributed by atoms with van der Waals surface area (Å²) in [5.74, 6) is 0. The van der Waals surface area contributed by atoms with Gasteiger partial charge in [-0.1, -0.05) is 66.7 Å². The Morgan fingerprint density at radius 3 is 2.62 bits per heavy atom. The number of hydrogen-bond acceptors (Lipinski definition) is 2. The van der Waals surface area contributed by atoms with Crippen LogP contribution in [-0.4, -0.2) is 0 Å². The first kappa shape index (κ1) is 15.4. The lowest BCUT2D eigenvalue weighted by Gasteiger charge is -2.36. The van der Waals surface area contributed by atoms with E-state index in [2.05, 4.69) is 79.0 Å². The summed E-state index contributed by atoms with van der Waals surface area (Å²) in [6.45, 7) is 2.09. The summed E-state index contributed by atoms with van der Waals surface area (Å²) in [4.78, 5) is 0. The molecular formula is C22H24N2. The molecule has 0 bridgehead atoms. The highest BCUT2D eigenvalue weighted by molar-refractivity contribution is 5.86. The zero-order valence-electron chi connectivity index (χ0n) is 14.1. The van der Waals surface area contributed by atoms with Crippen LogP contribution in [0.25, 0.3) is 10.8 Å².